The van der Waals surface area contributed by atoms with Crippen LogP contribution >= 0.6 is 11.3 Å². The molecule has 0 bridgehead atoms. The Bertz CT molecular complexity index is 895. The molecule has 0 aliphatic carbocycles. The molecule has 0 aliphatic rings. The van der Waals surface area contributed by atoms with Gasteiger partial charge in [-0.1, -0.05) is 12.1 Å². The predicted octanol–water partition coefficient (Wildman–Crippen LogP) is 4.03. The number of Topliss-reactive ketones (excluding diaryl/α,β-unsaturated/α-hetero) is 1. The van der Waals surface area contributed by atoms with E-state index in [0.29, 0.717) is 17.4 Å². The molecule has 2 heterocycles. The Morgan fingerprint density at radius 3 is 2.67 bits per heavy atom. The molecule has 5 nitrogen and oxygen atoms in total. The number of imidazole rings is 1. The van der Waals surface area contributed by atoms with Crippen molar-refractivity contribution in [1.29, 1.82) is 0 Å². The fraction of sp³-hybridized carbons (Fsp3) is 0.278. The van der Waals surface area contributed by atoms with Gasteiger partial charge in [0.15, 0.2) is 5.78 Å². The minimum atomic E-state index is -0.193. The number of rotatable bonds is 6. The number of thiophene rings is 1. The first-order valence-corrected chi connectivity index (χ1v) is 8.75. The monoisotopic (exact) mass is 341 g/mol. The molecule has 3 rings (SSSR count). The average Bonchev–Trinajstić information content (AvgIpc) is 3.15. The number of anilines is 1. The van der Waals surface area contributed by atoms with Crippen molar-refractivity contribution < 1.29 is 9.59 Å². The summed E-state index contributed by atoms with van der Waals surface area (Å²) in [5.41, 5.74) is 1.83. The molecule has 0 fully saturated rings. The van der Waals surface area contributed by atoms with E-state index in [9.17, 15) is 9.59 Å². The first-order chi connectivity index (χ1) is 11.6. The number of benzene rings is 1. The number of carbonyl (C=O) groups excluding carboxylic acids is 2. The van der Waals surface area contributed by atoms with Crippen molar-refractivity contribution in [2.75, 3.05) is 5.32 Å². The largest absolute Gasteiger partial charge is 0.310 e. The van der Waals surface area contributed by atoms with Gasteiger partial charge in [-0.3, -0.25) is 14.9 Å². The second-order valence-corrected chi connectivity index (χ2v) is 6.84. The number of nitrogens with zero attached hydrogens (tertiary/aromatic N) is 2. The van der Waals surface area contributed by atoms with E-state index < -0.39 is 0 Å². The zero-order chi connectivity index (χ0) is 17.1. The highest BCUT2D eigenvalue weighted by molar-refractivity contribution is 7.14. The van der Waals surface area contributed by atoms with Crippen LogP contribution in [-0.2, 0) is 11.3 Å². The summed E-state index contributed by atoms with van der Waals surface area (Å²) in [6.45, 7) is 4.68. The average molecular weight is 341 g/mol. The molecule has 2 aromatic heterocycles. The first-order valence-electron chi connectivity index (χ1n) is 7.93. The van der Waals surface area contributed by atoms with Crippen LogP contribution in [0.4, 0.5) is 5.95 Å². The molecule has 0 atom stereocenters. The quantitative estimate of drug-likeness (QED) is 0.689. The Labute approximate surface area is 144 Å². The molecule has 6 heteroatoms. The second kappa shape index (κ2) is 6.97. The lowest BCUT2D eigenvalue weighted by molar-refractivity contribution is -0.116. The van der Waals surface area contributed by atoms with Gasteiger partial charge in [-0.2, -0.15) is 0 Å². The van der Waals surface area contributed by atoms with Crippen LogP contribution in [0.25, 0.3) is 11.0 Å². The second-order valence-electron chi connectivity index (χ2n) is 5.55. The van der Waals surface area contributed by atoms with Gasteiger partial charge in [0, 0.05) is 24.3 Å². The predicted molar refractivity (Wildman–Crippen MR) is 96.7 cm³/mol. The maximum Gasteiger partial charge on any atom is 0.227 e. The van der Waals surface area contributed by atoms with Gasteiger partial charge in [0.1, 0.15) is 0 Å². The molecule has 0 saturated heterocycles. The van der Waals surface area contributed by atoms with E-state index in [0.717, 1.165) is 15.9 Å². The maximum absolute atomic E-state index is 12.2. The van der Waals surface area contributed by atoms with Crippen LogP contribution in [0, 0.1) is 6.92 Å². The highest BCUT2D eigenvalue weighted by atomic mass is 32.1. The molecule has 24 heavy (non-hydrogen) atoms. The molecule has 0 aliphatic heterocycles. The van der Waals surface area contributed by atoms with E-state index in [4.69, 9.17) is 0 Å². The number of aryl methyl sites for hydroxylation is 2. The van der Waals surface area contributed by atoms with Crippen molar-refractivity contribution in [3.63, 3.8) is 0 Å². The minimum absolute atomic E-state index is 0.00671. The smallest absolute Gasteiger partial charge is 0.227 e. The number of aromatic nitrogens is 2. The number of fused-ring (bicyclic) bond motifs is 1. The molecule has 1 amide bonds. The summed E-state index contributed by atoms with van der Waals surface area (Å²) in [5, 5.41) is 2.83. The highest BCUT2D eigenvalue weighted by Crippen LogP contribution is 2.20. The van der Waals surface area contributed by atoms with Crippen LogP contribution in [0.1, 0.15) is 34.3 Å². The van der Waals surface area contributed by atoms with Gasteiger partial charge in [0.25, 0.3) is 0 Å². The zero-order valence-electron chi connectivity index (χ0n) is 13.7. The van der Waals surface area contributed by atoms with E-state index >= 15 is 0 Å². The van der Waals surface area contributed by atoms with Crippen molar-refractivity contribution >= 4 is 40.0 Å². The van der Waals surface area contributed by atoms with Gasteiger partial charge in [0.2, 0.25) is 11.9 Å². The Balaban J connectivity index is 1.66. The summed E-state index contributed by atoms with van der Waals surface area (Å²) in [6, 6.07) is 11.5. The van der Waals surface area contributed by atoms with Gasteiger partial charge in [-0.25, -0.2) is 4.98 Å². The first kappa shape index (κ1) is 16.4. The third kappa shape index (κ3) is 3.38. The standard InChI is InChI=1S/C18H19N3O2S/c1-3-21-14-7-5-4-6-13(14)19-18(21)20-17(23)11-9-15(22)16-10-8-12(2)24-16/h4-8,10H,3,9,11H2,1-2H3,(H,19,20,23). The lowest BCUT2D eigenvalue weighted by Crippen LogP contribution is -2.16. The summed E-state index contributed by atoms with van der Waals surface area (Å²) in [6.07, 6.45) is 0.362. The summed E-state index contributed by atoms with van der Waals surface area (Å²) >= 11 is 1.46. The zero-order valence-corrected chi connectivity index (χ0v) is 14.5. The van der Waals surface area contributed by atoms with Crippen LogP contribution in [0.2, 0.25) is 0 Å². The Hall–Kier alpha value is -2.47. The number of nitrogens with one attached hydrogen (secondary N) is 1. The fourth-order valence-electron chi connectivity index (χ4n) is 2.61. The third-order valence-corrected chi connectivity index (χ3v) is 4.86. The fourth-order valence-corrected chi connectivity index (χ4v) is 3.45. The number of para-hydroxylation sites is 2. The van der Waals surface area contributed by atoms with Gasteiger partial charge in [-0.05, 0) is 38.1 Å². The SMILES string of the molecule is CCn1c(NC(=O)CCC(=O)c2ccc(C)s2)nc2ccccc21. The van der Waals surface area contributed by atoms with E-state index in [2.05, 4.69) is 10.3 Å². The molecule has 0 unspecified atom stereocenters. The van der Waals surface area contributed by atoms with Crippen LogP contribution in [-0.4, -0.2) is 21.2 Å². The molecular formula is C18H19N3O2S. The van der Waals surface area contributed by atoms with Crippen molar-refractivity contribution in [2.24, 2.45) is 0 Å². The summed E-state index contributed by atoms with van der Waals surface area (Å²) in [4.78, 5) is 30.5. The number of hydrogen-bond donors (Lipinski definition) is 1. The van der Waals surface area contributed by atoms with Crippen molar-refractivity contribution in [3.05, 3.63) is 46.2 Å². The van der Waals surface area contributed by atoms with E-state index in [1.54, 1.807) is 0 Å². The topological polar surface area (TPSA) is 64.0 Å². The third-order valence-electron chi connectivity index (χ3n) is 3.82. The number of ketones is 1. The van der Waals surface area contributed by atoms with Crippen LogP contribution < -0.4 is 5.32 Å². The molecule has 0 spiro atoms. The van der Waals surface area contributed by atoms with Crippen molar-refractivity contribution in [2.45, 2.75) is 33.2 Å². The van der Waals surface area contributed by atoms with Crippen LogP contribution in [0.15, 0.2) is 36.4 Å². The Morgan fingerprint density at radius 1 is 1.17 bits per heavy atom. The molecule has 124 valence electrons. The number of hydrogen-bond acceptors (Lipinski definition) is 4. The molecular weight excluding hydrogens is 322 g/mol. The molecule has 3 aromatic rings. The summed E-state index contributed by atoms with van der Waals surface area (Å²) in [5.74, 6) is 0.344. The molecule has 1 N–H and O–H groups in total. The normalized spacial score (nSPS) is 10.9. The highest BCUT2D eigenvalue weighted by Gasteiger charge is 2.14. The molecule has 0 radical (unpaired) electrons. The molecule has 1 aromatic carbocycles. The minimum Gasteiger partial charge on any atom is -0.310 e. The Morgan fingerprint density at radius 2 is 1.96 bits per heavy atom. The van der Waals surface area contributed by atoms with Gasteiger partial charge in [0.05, 0.1) is 15.9 Å². The molecule has 0 saturated carbocycles. The van der Waals surface area contributed by atoms with Gasteiger partial charge < -0.3 is 4.57 Å². The van der Waals surface area contributed by atoms with E-state index in [1.807, 2.05) is 54.8 Å². The lowest BCUT2D eigenvalue weighted by Gasteiger charge is -2.07. The summed E-state index contributed by atoms with van der Waals surface area (Å²) in [7, 11) is 0. The van der Waals surface area contributed by atoms with Crippen LogP contribution in [0.5, 0.6) is 0 Å². The number of carbonyl (C=O) groups is 2. The van der Waals surface area contributed by atoms with Crippen molar-refractivity contribution in [1.82, 2.24) is 9.55 Å². The number of amides is 1. The van der Waals surface area contributed by atoms with E-state index in [-0.39, 0.29) is 24.5 Å². The maximum atomic E-state index is 12.2. The van der Waals surface area contributed by atoms with Crippen LogP contribution in [0.3, 0.4) is 0 Å². The lowest BCUT2D eigenvalue weighted by atomic mass is 10.2. The van der Waals surface area contributed by atoms with E-state index in [1.165, 1.54) is 11.3 Å². The van der Waals surface area contributed by atoms with Crippen molar-refractivity contribution in [3.8, 4) is 0 Å². The van der Waals surface area contributed by atoms with Gasteiger partial charge >= 0.3 is 0 Å². The summed E-state index contributed by atoms with van der Waals surface area (Å²) < 4.78 is 1.96. The van der Waals surface area contributed by atoms with Gasteiger partial charge in [-0.15, -0.1) is 11.3 Å². The Kier molecular flexibility index (Phi) is 4.76.